The zero-order valence-corrected chi connectivity index (χ0v) is 20.8. The number of thiazole rings is 1. The van der Waals surface area contributed by atoms with Gasteiger partial charge in [0, 0.05) is 8.95 Å². The van der Waals surface area contributed by atoms with Crippen molar-refractivity contribution in [2.75, 3.05) is 6.61 Å². The topological polar surface area (TPSA) is 60.7 Å². The lowest BCUT2D eigenvalue weighted by atomic mass is 9.96. The van der Waals surface area contributed by atoms with Crippen molar-refractivity contribution in [1.29, 1.82) is 0 Å². The van der Waals surface area contributed by atoms with Gasteiger partial charge in [0.1, 0.15) is 0 Å². The molecule has 8 heteroatoms. The van der Waals surface area contributed by atoms with Gasteiger partial charge < -0.3 is 4.74 Å². The molecule has 1 atom stereocenters. The van der Waals surface area contributed by atoms with Crippen LogP contribution in [0.2, 0.25) is 0 Å². The molecule has 0 fully saturated rings. The molecule has 0 radical (unpaired) electrons. The van der Waals surface area contributed by atoms with E-state index >= 15 is 0 Å². The predicted molar refractivity (Wildman–Crippen MR) is 129 cm³/mol. The third-order valence-corrected chi connectivity index (χ3v) is 6.91. The summed E-state index contributed by atoms with van der Waals surface area (Å²) in [4.78, 5) is 31.4. The minimum atomic E-state index is -0.601. The van der Waals surface area contributed by atoms with Crippen LogP contribution in [0, 0.1) is 0 Å². The van der Waals surface area contributed by atoms with E-state index in [1.54, 1.807) is 18.4 Å². The van der Waals surface area contributed by atoms with Crippen molar-refractivity contribution in [2.45, 2.75) is 19.9 Å². The molecule has 0 aliphatic carbocycles. The highest BCUT2D eigenvalue weighted by molar-refractivity contribution is 9.10. The summed E-state index contributed by atoms with van der Waals surface area (Å²) in [5.41, 5.74) is 2.48. The molecule has 2 heterocycles. The van der Waals surface area contributed by atoms with Crippen LogP contribution < -0.4 is 14.9 Å². The Kier molecular flexibility index (Phi) is 6.41. The molecule has 1 aliphatic heterocycles. The van der Waals surface area contributed by atoms with Crippen molar-refractivity contribution in [1.82, 2.24) is 4.57 Å². The number of allylic oxidation sites excluding steroid dienone is 1. The second kappa shape index (κ2) is 9.06. The van der Waals surface area contributed by atoms with E-state index in [0.717, 1.165) is 20.1 Å². The van der Waals surface area contributed by atoms with Crippen LogP contribution in [0.25, 0.3) is 6.08 Å². The number of aromatic nitrogens is 1. The zero-order valence-electron chi connectivity index (χ0n) is 16.8. The summed E-state index contributed by atoms with van der Waals surface area (Å²) in [6.45, 7) is 3.79. The Morgan fingerprint density at radius 1 is 1.13 bits per heavy atom. The van der Waals surface area contributed by atoms with Gasteiger partial charge in [0.05, 0.1) is 28.5 Å². The summed E-state index contributed by atoms with van der Waals surface area (Å²) in [6, 6.07) is 14.7. The highest BCUT2D eigenvalue weighted by Gasteiger charge is 2.33. The molecule has 0 spiro atoms. The Labute approximate surface area is 199 Å². The second-order valence-electron chi connectivity index (χ2n) is 6.91. The molecule has 158 valence electrons. The summed E-state index contributed by atoms with van der Waals surface area (Å²) >= 11 is 8.19. The number of benzene rings is 2. The first-order valence-electron chi connectivity index (χ1n) is 9.59. The molecule has 0 N–H and O–H groups in total. The molecule has 4 rings (SSSR count). The van der Waals surface area contributed by atoms with E-state index in [-0.39, 0.29) is 12.2 Å². The molecule has 0 amide bonds. The molecule has 0 bridgehead atoms. The monoisotopic (exact) mass is 560 g/mol. The van der Waals surface area contributed by atoms with Gasteiger partial charge in [-0.15, -0.1) is 0 Å². The van der Waals surface area contributed by atoms with Crippen molar-refractivity contribution in [2.24, 2.45) is 4.99 Å². The second-order valence-corrected chi connectivity index (χ2v) is 9.75. The van der Waals surface area contributed by atoms with Gasteiger partial charge in [0.2, 0.25) is 0 Å². The van der Waals surface area contributed by atoms with Gasteiger partial charge >= 0.3 is 5.97 Å². The van der Waals surface area contributed by atoms with Crippen molar-refractivity contribution in [3.05, 3.63) is 99.6 Å². The van der Waals surface area contributed by atoms with Crippen molar-refractivity contribution >= 4 is 55.2 Å². The summed E-state index contributed by atoms with van der Waals surface area (Å²) in [6.07, 6.45) is 1.85. The van der Waals surface area contributed by atoms with E-state index in [0.29, 0.717) is 20.6 Å². The van der Waals surface area contributed by atoms with Gasteiger partial charge in [-0.05, 0) is 55.3 Å². The normalized spacial score (nSPS) is 16.1. The largest absolute Gasteiger partial charge is 0.463 e. The molecule has 1 unspecified atom stereocenters. The van der Waals surface area contributed by atoms with Crippen LogP contribution in [0.5, 0.6) is 0 Å². The molecule has 5 nitrogen and oxygen atoms in total. The smallest absolute Gasteiger partial charge is 0.338 e. The minimum absolute atomic E-state index is 0.186. The van der Waals surface area contributed by atoms with E-state index in [1.165, 1.54) is 11.3 Å². The number of ether oxygens (including phenoxy) is 1. The Bertz CT molecular complexity index is 1350. The number of nitrogens with zero attached hydrogens (tertiary/aromatic N) is 2. The lowest BCUT2D eigenvalue weighted by Gasteiger charge is -2.24. The van der Waals surface area contributed by atoms with E-state index in [4.69, 9.17) is 4.74 Å². The highest BCUT2D eigenvalue weighted by atomic mass is 79.9. The lowest BCUT2D eigenvalue weighted by Crippen LogP contribution is -2.39. The third kappa shape index (κ3) is 4.37. The quantitative estimate of drug-likeness (QED) is 0.446. The fraction of sp³-hybridized carbons (Fsp3) is 0.174. The first-order valence-corrected chi connectivity index (χ1v) is 12.0. The van der Waals surface area contributed by atoms with Gasteiger partial charge in [-0.1, -0.05) is 67.5 Å². The van der Waals surface area contributed by atoms with Crippen LogP contribution in [-0.4, -0.2) is 17.1 Å². The van der Waals surface area contributed by atoms with E-state index < -0.39 is 12.0 Å². The summed E-state index contributed by atoms with van der Waals surface area (Å²) in [5, 5.41) is 0. The molecule has 1 aromatic heterocycles. The summed E-state index contributed by atoms with van der Waals surface area (Å²) in [5.74, 6) is -0.459. The van der Waals surface area contributed by atoms with Crippen LogP contribution >= 0.6 is 43.2 Å². The number of rotatable bonds is 4. The highest BCUT2D eigenvalue weighted by Crippen LogP contribution is 2.31. The van der Waals surface area contributed by atoms with Crippen LogP contribution in [-0.2, 0) is 9.53 Å². The first kappa shape index (κ1) is 21.9. The lowest BCUT2D eigenvalue weighted by molar-refractivity contribution is -0.139. The van der Waals surface area contributed by atoms with Crippen LogP contribution in [0.15, 0.2) is 78.5 Å². The van der Waals surface area contributed by atoms with Crippen LogP contribution in [0.3, 0.4) is 0 Å². The molecule has 1 aliphatic rings. The van der Waals surface area contributed by atoms with E-state index in [1.807, 2.05) is 54.6 Å². The van der Waals surface area contributed by atoms with Gasteiger partial charge in [-0.3, -0.25) is 9.36 Å². The number of fused-ring (bicyclic) bond motifs is 1. The Hall–Kier alpha value is -2.29. The Balaban J connectivity index is 1.94. The molecule has 0 saturated heterocycles. The maximum atomic E-state index is 13.5. The van der Waals surface area contributed by atoms with Crippen LogP contribution in [0.1, 0.15) is 31.0 Å². The predicted octanol–water partition coefficient (Wildman–Crippen LogP) is 4.32. The molecular weight excluding hydrogens is 544 g/mol. The Morgan fingerprint density at radius 3 is 2.35 bits per heavy atom. The summed E-state index contributed by atoms with van der Waals surface area (Å²) < 4.78 is 9.34. The van der Waals surface area contributed by atoms with Gasteiger partial charge in [-0.25, -0.2) is 9.79 Å². The number of halogens is 2. The number of carbonyl (C=O) groups excluding carboxylic acids is 1. The fourth-order valence-corrected chi connectivity index (χ4v) is 5.04. The van der Waals surface area contributed by atoms with Gasteiger partial charge in [-0.2, -0.15) is 0 Å². The average Bonchev–Trinajstić information content (AvgIpc) is 3.04. The SMILES string of the molecule is CCOC(=O)C1=C(C)N=c2sc(=Cc3ccc(Br)cc3)c(=O)n2C1c1ccc(Br)cc1. The van der Waals surface area contributed by atoms with Crippen LogP contribution in [0.4, 0.5) is 0 Å². The standard InChI is InChI=1S/C23H18Br2N2O3S/c1-3-30-22(29)19-13(2)26-23-27(20(19)15-6-10-17(25)11-7-15)21(28)18(31-23)12-14-4-8-16(24)9-5-14/h4-12,20H,3H2,1-2H3. The number of hydrogen-bond acceptors (Lipinski definition) is 5. The fourth-order valence-electron chi connectivity index (χ4n) is 3.46. The molecule has 0 saturated carbocycles. The Morgan fingerprint density at radius 2 is 1.74 bits per heavy atom. The minimum Gasteiger partial charge on any atom is -0.463 e. The maximum Gasteiger partial charge on any atom is 0.338 e. The zero-order chi connectivity index (χ0) is 22.1. The molecule has 3 aromatic rings. The number of hydrogen-bond donors (Lipinski definition) is 0. The van der Waals surface area contributed by atoms with E-state index in [9.17, 15) is 9.59 Å². The van der Waals surface area contributed by atoms with Crippen molar-refractivity contribution in [3.63, 3.8) is 0 Å². The number of carbonyl (C=O) groups is 1. The third-order valence-electron chi connectivity index (χ3n) is 4.87. The molecule has 31 heavy (non-hydrogen) atoms. The van der Waals surface area contributed by atoms with Gasteiger partial charge in [0.25, 0.3) is 5.56 Å². The van der Waals surface area contributed by atoms with Crippen molar-refractivity contribution in [3.8, 4) is 0 Å². The first-order chi connectivity index (χ1) is 14.9. The number of esters is 1. The summed E-state index contributed by atoms with van der Waals surface area (Å²) in [7, 11) is 0. The van der Waals surface area contributed by atoms with E-state index in [2.05, 4.69) is 36.9 Å². The van der Waals surface area contributed by atoms with Crippen molar-refractivity contribution < 1.29 is 9.53 Å². The maximum absolute atomic E-state index is 13.5. The molecule has 2 aromatic carbocycles. The molecular formula is C23H18Br2N2O3S. The average molecular weight is 562 g/mol. The van der Waals surface area contributed by atoms with Gasteiger partial charge in [0.15, 0.2) is 4.80 Å².